The Morgan fingerprint density at radius 1 is 1.15 bits per heavy atom. The first-order chi connectivity index (χ1) is 13.1. The quantitative estimate of drug-likeness (QED) is 0.735. The van der Waals surface area contributed by atoms with Gasteiger partial charge >= 0.3 is 0 Å². The third kappa shape index (κ3) is 3.76. The van der Waals surface area contributed by atoms with Crippen molar-refractivity contribution in [1.29, 1.82) is 0 Å². The maximum atomic E-state index is 12.8. The molecule has 2 aromatic heterocycles. The molecule has 0 unspecified atom stereocenters. The van der Waals surface area contributed by atoms with Gasteiger partial charge in [0.2, 0.25) is 5.91 Å². The van der Waals surface area contributed by atoms with E-state index in [0.717, 1.165) is 42.5 Å². The van der Waals surface area contributed by atoms with Crippen LogP contribution < -0.4 is 10.9 Å². The van der Waals surface area contributed by atoms with Gasteiger partial charge in [-0.25, -0.2) is 4.52 Å². The molecule has 7 heteroatoms. The molecule has 0 spiro atoms. The Hall–Kier alpha value is -2.60. The molecule has 0 radical (unpaired) electrons. The van der Waals surface area contributed by atoms with Gasteiger partial charge in [0.05, 0.1) is 5.69 Å². The average molecular weight is 385 g/mol. The lowest BCUT2D eigenvalue weighted by molar-refractivity contribution is -0.121. The van der Waals surface area contributed by atoms with E-state index >= 15 is 0 Å². The minimum absolute atomic E-state index is 0.0707. The number of carbonyl (C=O) groups excluding carboxylic acids is 1. The number of fused-ring (bicyclic) bond motifs is 3. The van der Waals surface area contributed by atoms with Gasteiger partial charge in [-0.3, -0.25) is 9.59 Å². The first-order valence-corrected chi connectivity index (χ1v) is 9.60. The molecule has 1 aromatic carbocycles. The van der Waals surface area contributed by atoms with Crippen LogP contribution in [0.1, 0.15) is 36.1 Å². The zero-order chi connectivity index (χ0) is 18.8. The predicted molar refractivity (Wildman–Crippen MR) is 104 cm³/mol. The second-order valence-electron chi connectivity index (χ2n) is 6.88. The van der Waals surface area contributed by atoms with E-state index in [2.05, 4.69) is 10.4 Å². The number of benzene rings is 1. The van der Waals surface area contributed by atoms with E-state index in [1.54, 1.807) is 33.6 Å². The highest BCUT2D eigenvalue weighted by Gasteiger charge is 2.19. The monoisotopic (exact) mass is 384 g/mol. The maximum Gasteiger partial charge on any atom is 0.276 e. The largest absolute Gasteiger partial charge is 0.352 e. The van der Waals surface area contributed by atoms with E-state index in [-0.39, 0.29) is 17.9 Å². The van der Waals surface area contributed by atoms with E-state index in [1.165, 1.54) is 0 Å². The van der Waals surface area contributed by atoms with Crippen molar-refractivity contribution in [3.63, 3.8) is 0 Å². The highest BCUT2D eigenvalue weighted by atomic mass is 35.5. The lowest BCUT2D eigenvalue weighted by atomic mass is 9.97. The number of nitrogens with one attached hydrogen (secondary N) is 1. The summed E-state index contributed by atoms with van der Waals surface area (Å²) in [6.07, 6.45) is 7.82. The first-order valence-electron chi connectivity index (χ1n) is 9.22. The number of amides is 1. The van der Waals surface area contributed by atoms with Crippen LogP contribution in [0.5, 0.6) is 0 Å². The van der Waals surface area contributed by atoms with Gasteiger partial charge in [0, 0.05) is 42.5 Å². The van der Waals surface area contributed by atoms with Gasteiger partial charge in [0.25, 0.3) is 5.56 Å². The molecule has 1 aliphatic carbocycles. The number of rotatable bonds is 5. The van der Waals surface area contributed by atoms with Crippen LogP contribution in [0.2, 0.25) is 5.02 Å². The molecular weight excluding hydrogens is 364 g/mol. The van der Waals surface area contributed by atoms with Gasteiger partial charge in [-0.1, -0.05) is 23.7 Å². The van der Waals surface area contributed by atoms with E-state index in [1.807, 2.05) is 12.1 Å². The van der Waals surface area contributed by atoms with Gasteiger partial charge in [-0.15, -0.1) is 0 Å². The number of aryl methyl sites for hydroxylation is 3. The molecule has 0 atom stereocenters. The van der Waals surface area contributed by atoms with Crippen LogP contribution in [-0.2, 0) is 30.7 Å². The number of halogens is 1. The summed E-state index contributed by atoms with van der Waals surface area (Å²) in [5.74, 6) is -0.0905. The van der Waals surface area contributed by atoms with Crippen molar-refractivity contribution in [2.75, 3.05) is 0 Å². The highest BCUT2D eigenvalue weighted by Crippen LogP contribution is 2.22. The summed E-state index contributed by atoms with van der Waals surface area (Å²) in [6.45, 7) is 0.793. The minimum Gasteiger partial charge on any atom is -0.352 e. The highest BCUT2D eigenvalue weighted by molar-refractivity contribution is 6.30. The number of carbonyl (C=O) groups is 1. The lowest BCUT2D eigenvalue weighted by Crippen LogP contribution is -2.27. The Labute approximate surface area is 161 Å². The molecule has 0 saturated carbocycles. The fraction of sp³-hybridized carbons (Fsp3) is 0.350. The number of aromatic nitrogens is 3. The summed E-state index contributed by atoms with van der Waals surface area (Å²) in [6, 6.07) is 7.35. The summed E-state index contributed by atoms with van der Waals surface area (Å²) >= 11 is 5.86. The van der Waals surface area contributed by atoms with Crippen LogP contribution in [0, 0.1) is 0 Å². The normalized spacial score (nSPS) is 13.5. The van der Waals surface area contributed by atoms with Crippen molar-refractivity contribution >= 4 is 23.0 Å². The van der Waals surface area contributed by atoms with E-state index in [0.29, 0.717) is 23.6 Å². The van der Waals surface area contributed by atoms with Gasteiger partial charge in [-0.05, 0) is 43.4 Å². The summed E-state index contributed by atoms with van der Waals surface area (Å²) < 4.78 is 3.29. The van der Waals surface area contributed by atoms with Crippen molar-refractivity contribution < 1.29 is 4.79 Å². The molecule has 1 aliphatic rings. The smallest absolute Gasteiger partial charge is 0.276 e. The lowest BCUT2D eigenvalue weighted by Gasteiger charge is -2.10. The van der Waals surface area contributed by atoms with Gasteiger partial charge in [0.1, 0.15) is 5.52 Å². The van der Waals surface area contributed by atoms with Crippen LogP contribution >= 0.6 is 11.6 Å². The molecule has 1 amide bonds. The SMILES string of the molecule is O=C(CCn1ccn2nc3c(c2c1=O)CCCC3)NCc1ccc(Cl)cc1. The molecule has 4 rings (SSSR count). The summed E-state index contributed by atoms with van der Waals surface area (Å²) in [4.78, 5) is 25.0. The Kier molecular flexibility index (Phi) is 4.99. The number of nitrogens with zero attached hydrogens (tertiary/aromatic N) is 3. The Balaban J connectivity index is 1.42. The molecule has 0 fully saturated rings. The molecule has 0 saturated heterocycles. The molecule has 1 N–H and O–H groups in total. The Morgan fingerprint density at radius 3 is 2.74 bits per heavy atom. The number of hydrogen-bond donors (Lipinski definition) is 1. The Morgan fingerprint density at radius 2 is 1.93 bits per heavy atom. The fourth-order valence-corrected chi connectivity index (χ4v) is 3.67. The van der Waals surface area contributed by atoms with E-state index in [4.69, 9.17) is 11.6 Å². The Bertz CT molecular complexity index is 1040. The van der Waals surface area contributed by atoms with E-state index in [9.17, 15) is 9.59 Å². The van der Waals surface area contributed by atoms with Crippen LogP contribution in [0.25, 0.3) is 5.52 Å². The topological polar surface area (TPSA) is 68.4 Å². The predicted octanol–water partition coefficient (Wildman–Crippen LogP) is 2.73. The van der Waals surface area contributed by atoms with Gasteiger partial charge < -0.3 is 9.88 Å². The second kappa shape index (κ2) is 7.56. The first kappa shape index (κ1) is 17.8. The second-order valence-corrected chi connectivity index (χ2v) is 7.31. The van der Waals surface area contributed by atoms with Gasteiger partial charge in [-0.2, -0.15) is 5.10 Å². The number of hydrogen-bond acceptors (Lipinski definition) is 3. The van der Waals surface area contributed by atoms with Crippen molar-refractivity contribution in [1.82, 2.24) is 19.5 Å². The summed E-state index contributed by atoms with van der Waals surface area (Å²) in [5, 5.41) is 8.08. The van der Waals surface area contributed by atoms with Crippen molar-refractivity contribution in [3.8, 4) is 0 Å². The molecule has 6 nitrogen and oxygen atoms in total. The fourth-order valence-electron chi connectivity index (χ4n) is 3.54. The molecular formula is C20H21ClN4O2. The summed E-state index contributed by atoms with van der Waals surface area (Å²) in [5.41, 5.74) is 3.69. The van der Waals surface area contributed by atoms with Crippen LogP contribution in [0.3, 0.4) is 0 Å². The van der Waals surface area contributed by atoms with Crippen molar-refractivity contribution in [2.45, 2.75) is 45.2 Å². The molecule has 3 aromatic rings. The molecule has 140 valence electrons. The standard InChI is InChI=1S/C20H21ClN4O2/c21-15-7-5-14(6-8-15)13-22-18(26)9-10-24-11-12-25-19(20(24)27)16-3-1-2-4-17(16)23-25/h5-8,11-12H,1-4,9-10,13H2,(H,22,26). The maximum absolute atomic E-state index is 12.8. The van der Waals surface area contributed by atoms with Crippen molar-refractivity contribution in [2.24, 2.45) is 0 Å². The molecule has 27 heavy (non-hydrogen) atoms. The average Bonchev–Trinajstić information content (AvgIpc) is 3.06. The zero-order valence-corrected chi connectivity index (χ0v) is 15.7. The van der Waals surface area contributed by atoms with Crippen LogP contribution in [0.4, 0.5) is 0 Å². The summed E-state index contributed by atoms with van der Waals surface area (Å²) in [7, 11) is 0. The zero-order valence-electron chi connectivity index (χ0n) is 14.9. The van der Waals surface area contributed by atoms with Crippen LogP contribution in [-0.4, -0.2) is 20.1 Å². The third-order valence-corrected chi connectivity index (χ3v) is 5.27. The third-order valence-electron chi connectivity index (χ3n) is 5.02. The molecule has 0 bridgehead atoms. The minimum atomic E-state index is -0.0905. The van der Waals surface area contributed by atoms with Crippen molar-refractivity contribution in [3.05, 3.63) is 68.9 Å². The molecule has 0 aliphatic heterocycles. The van der Waals surface area contributed by atoms with Crippen LogP contribution in [0.15, 0.2) is 41.5 Å². The molecule has 2 heterocycles. The van der Waals surface area contributed by atoms with Gasteiger partial charge in [0.15, 0.2) is 0 Å². The van der Waals surface area contributed by atoms with E-state index < -0.39 is 0 Å².